The van der Waals surface area contributed by atoms with E-state index in [1.807, 2.05) is 31.2 Å². The number of methoxy groups -OCH3 is 1. The standard InChI is InChI=1S/C27H24N2O5/c1-17-3-5-18(6-4-17)16-29-26(30)24(19-7-10-21(32-2)11-8-19)25(27(29)31)28-20-9-12-22-23(15-20)34-14-13-33-22/h3-12,15,28H,13-14,16H2,1-2H3. The number of fused-ring (bicyclic) bond motifs is 1. The van der Waals surface area contributed by atoms with Gasteiger partial charge >= 0.3 is 0 Å². The molecule has 7 heteroatoms. The molecule has 2 amide bonds. The summed E-state index contributed by atoms with van der Waals surface area (Å²) in [6.45, 7) is 3.13. The molecule has 2 aliphatic rings. The van der Waals surface area contributed by atoms with Gasteiger partial charge in [0.05, 0.1) is 19.2 Å². The number of imide groups is 1. The Morgan fingerprint density at radius 3 is 2.29 bits per heavy atom. The topological polar surface area (TPSA) is 77.1 Å². The summed E-state index contributed by atoms with van der Waals surface area (Å²) >= 11 is 0. The maximum absolute atomic E-state index is 13.5. The van der Waals surface area contributed by atoms with Gasteiger partial charge in [-0.2, -0.15) is 0 Å². The van der Waals surface area contributed by atoms with E-state index in [2.05, 4.69) is 5.32 Å². The molecule has 34 heavy (non-hydrogen) atoms. The number of nitrogens with zero attached hydrogens (tertiary/aromatic N) is 1. The van der Waals surface area contributed by atoms with Crippen molar-refractivity contribution in [1.82, 2.24) is 4.90 Å². The summed E-state index contributed by atoms with van der Waals surface area (Å²) in [5.41, 5.74) is 3.78. The highest BCUT2D eigenvalue weighted by molar-refractivity contribution is 6.36. The highest BCUT2D eigenvalue weighted by Crippen LogP contribution is 2.36. The number of rotatable bonds is 6. The first kappa shape index (κ1) is 21.6. The second-order valence-corrected chi connectivity index (χ2v) is 8.14. The van der Waals surface area contributed by atoms with Gasteiger partial charge in [0.15, 0.2) is 11.5 Å². The van der Waals surface area contributed by atoms with Crippen LogP contribution in [0.2, 0.25) is 0 Å². The van der Waals surface area contributed by atoms with Crippen LogP contribution in [0.15, 0.2) is 72.4 Å². The first-order valence-corrected chi connectivity index (χ1v) is 11.0. The summed E-state index contributed by atoms with van der Waals surface area (Å²) < 4.78 is 16.5. The Labute approximate surface area is 197 Å². The molecule has 0 saturated heterocycles. The molecule has 0 unspecified atom stereocenters. The van der Waals surface area contributed by atoms with E-state index in [1.54, 1.807) is 49.6 Å². The lowest BCUT2D eigenvalue weighted by Gasteiger charge is -2.19. The molecule has 2 heterocycles. The number of amides is 2. The van der Waals surface area contributed by atoms with Crippen molar-refractivity contribution < 1.29 is 23.8 Å². The lowest BCUT2D eigenvalue weighted by molar-refractivity contribution is -0.137. The van der Waals surface area contributed by atoms with Gasteiger partial charge < -0.3 is 19.5 Å². The van der Waals surface area contributed by atoms with E-state index >= 15 is 0 Å². The van der Waals surface area contributed by atoms with E-state index in [0.717, 1.165) is 11.1 Å². The Morgan fingerprint density at radius 1 is 0.882 bits per heavy atom. The molecule has 0 aliphatic carbocycles. The van der Waals surface area contributed by atoms with Gasteiger partial charge in [0, 0.05) is 11.8 Å². The van der Waals surface area contributed by atoms with E-state index < -0.39 is 0 Å². The van der Waals surface area contributed by atoms with Crippen LogP contribution in [0, 0.1) is 6.92 Å². The predicted octanol–water partition coefficient (Wildman–Crippen LogP) is 4.17. The molecule has 0 atom stereocenters. The third-order valence-electron chi connectivity index (χ3n) is 5.82. The highest BCUT2D eigenvalue weighted by atomic mass is 16.6. The second-order valence-electron chi connectivity index (χ2n) is 8.14. The van der Waals surface area contributed by atoms with Crippen molar-refractivity contribution in [1.29, 1.82) is 0 Å². The van der Waals surface area contributed by atoms with Crippen LogP contribution >= 0.6 is 0 Å². The molecule has 0 radical (unpaired) electrons. The third-order valence-corrected chi connectivity index (χ3v) is 5.82. The average Bonchev–Trinajstić information content (AvgIpc) is 3.09. The molecule has 0 saturated carbocycles. The summed E-state index contributed by atoms with van der Waals surface area (Å²) in [6, 6.07) is 20.2. The zero-order valence-electron chi connectivity index (χ0n) is 19.0. The van der Waals surface area contributed by atoms with Crippen LogP contribution in [0.4, 0.5) is 5.69 Å². The van der Waals surface area contributed by atoms with Crippen LogP contribution in [0.1, 0.15) is 16.7 Å². The maximum atomic E-state index is 13.5. The number of carbonyl (C=O) groups excluding carboxylic acids is 2. The van der Waals surface area contributed by atoms with E-state index in [0.29, 0.717) is 47.3 Å². The van der Waals surface area contributed by atoms with Crippen molar-refractivity contribution in [3.8, 4) is 17.2 Å². The molecule has 5 rings (SSSR count). The van der Waals surface area contributed by atoms with Gasteiger partial charge in [0.2, 0.25) is 0 Å². The summed E-state index contributed by atoms with van der Waals surface area (Å²) in [7, 11) is 1.58. The van der Waals surface area contributed by atoms with Crippen molar-refractivity contribution in [2.24, 2.45) is 0 Å². The molecule has 1 N–H and O–H groups in total. The third kappa shape index (κ3) is 4.08. The highest BCUT2D eigenvalue weighted by Gasteiger charge is 2.39. The summed E-state index contributed by atoms with van der Waals surface area (Å²) in [4.78, 5) is 28.3. The molecule has 7 nitrogen and oxygen atoms in total. The van der Waals surface area contributed by atoms with Crippen molar-refractivity contribution >= 4 is 23.1 Å². The summed E-state index contributed by atoms with van der Waals surface area (Å²) in [6.07, 6.45) is 0. The van der Waals surface area contributed by atoms with Gasteiger partial charge in [-0.15, -0.1) is 0 Å². The quantitative estimate of drug-likeness (QED) is 0.561. The van der Waals surface area contributed by atoms with Crippen LogP contribution in [-0.4, -0.2) is 37.0 Å². The number of anilines is 1. The van der Waals surface area contributed by atoms with Crippen LogP contribution in [0.5, 0.6) is 17.2 Å². The lowest BCUT2D eigenvalue weighted by Crippen LogP contribution is -2.32. The fourth-order valence-corrected chi connectivity index (χ4v) is 4.00. The molecule has 0 fully saturated rings. The lowest BCUT2D eigenvalue weighted by atomic mass is 10.0. The Bertz CT molecular complexity index is 1280. The van der Waals surface area contributed by atoms with Crippen molar-refractivity contribution in [2.45, 2.75) is 13.5 Å². The predicted molar refractivity (Wildman–Crippen MR) is 128 cm³/mol. The van der Waals surface area contributed by atoms with Gasteiger partial charge in [-0.25, -0.2) is 0 Å². The monoisotopic (exact) mass is 456 g/mol. The molecule has 0 aromatic heterocycles. The van der Waals surface area contributed by atoms with E-state index in [9.17, 15) is 9.59 Å². The van der Waals surface area contributed by atoms with Crippen molar-refractivity contribution in [2.75, 3.05) is 25.6 Å². The smallest absolute Gasteiger partial charge is 0.278 e. The molecular weight excluding hydrogens is 432 g/mol. The number of hydrogen-bond acceptors (Lipinski definition) is 6. The van der Waals surface area contributed by atoms with E-state index in [1.165, 1.54) is 4.90 Å². The summed E-state index contributed by atoms with van der Waals surface area (Å²) in [5, 5.41) is 3.17. The van der Waals surface area contributed by atoms with E-state index in [-0.39, 0.29) is 24.1 Å². The maximum Gasteiger partial charge on any atom is 0.278 e. The number of benzene rings is 3. The average molecular weight is 456 g/mol. The minimum atomic E-state index is -0.383. The van der Waals surface area contributed by atoms with Gasteiger partial charge in [-0.05, 0) is 42.3 Å². The molecule has 3 aromatic carbocycles. The van der Waals surface area contributed by atoms with Crippen LogP contribution in [0.25, 0.3) is 5.57 Å². The zero-order valence-corrected chi connectivity index (χ0v) is 19.0. The number of aryl methyl sites for hydroxylation is 1. The van der Waals surface area contributed by atoms with Crippen LogP contribution in [0.3, 0.4) is 0 Å². The summed E-state index contributed by atoms with van der Waals surface area (Å²) in [5.74, 6) is 1.17. The fraction of sp³-hybridized carbons (Fsp3) is 0.185. The zero-order chi connectivity index (χ0) is 23.7. The number of hydrogen-bond donors (Lipinski definition) is 1. The van der Waals surface area contributed by atoms with Crippen LogP contribution < -0.4 is 19.5 Å². The van der Waals surface area contributed by atoms with Gasteiger partial charge in [0.1, 0.15) is 24.7 Å². The number of nitrogens with one attached hydrogen (secondary N) is 1. The Hall–Kier alpha value is -4.26. The molecule has 0 bridgehead atoms. The minimum absolute atomic E-state index is 0.184. The molecule has 0 spiro atoms. The minimum Gasteiger partial charge on any atom is -0.497 e. The number of ether oxygens (including phenoxy) is 3. The largest absolute Gasteiger partial charge is 0.497 e. The van der Waals surface area contributed by atoms with Gasteiger partial charge in [0.25, 0.3) is 11.8 Å². The molecule has 3 aromatic rings. The second kappa shape index (κ2) is 8.94. The van der Waals surface area contributed by atoms with Gasteiger partial charge in [-0.1, -0.05) is 42.0 Å². The van der Waals surface area contributed by atoms with Gasteiger partial charge in [-0.3, -0.25) is 14.5 Å². The normalized spacial score (nSPS) is 15.1. The fourth-order valence-electron chi connectivity index (χ4n) is 4.00. The number of carbonyl (C=O) groups is 2. The SMILES string of the molecule is COc1ccc(C2=C(Nc3ccc4c(c3)OCCO4)C(=O)N(Cc3ccc(C)cc3)C2=O)cc1. The molecule has 2 aliphatic heterocycles. The Balaban J connectivity index is 1.51. The molecule has 172 valence electrons. The first-order chi connectivity index (χ1) is 16.5. The Kier molecular flexibility index (Phi) is 5.67. The van der Waals surface area contributed by atoms with Crippen LogP contribution in [-0.2, 0) is 16.1 Å². The Morgan fingerprint density at radius 2 is 1.59 bits per heavy atom. The van der Waals surface area contributed by atoms with Crippen molar-refractivity contribution in [3.05, 3.63) is 89.1 Å². The van der Waals surface area contributed by atoms with Crippen molar-refractivity contribution in [3.63, 3.8) is 0 Å². The first-order valence-electron chi connectivity index (χ1n) is 11.0. The molecular formula is C27H24N2O5. The van der Waals surface area contributed by atoms with E-state index in [4.69, 9.17) is 14.2 Å².